The van der Waals surface area contributed by atoms with Crippen LogP contribution in [0.2, 0.25) is 0 Å². The van der Waals surface area contributed by atoms with Crippen molar-refractivity contribution in [2.24, 2.45) is 0 Å². The summed E-state index contributed by atoms with van der Waals surface area (Å²) in [5.74, 6) is 0.407. The molecule has 1 aromatic heterocycles. The molecule has 0 fully saturated rings. The van der Waals surface area contributed by atoms with Crippen LogP contribution in [0.3, 0.4) is 0 Å². The summed E-state index contributed by atoms with van der Waals surface area (Å²) in [6, 6.07) is 13.3. The average molecular weight is 352 g/mol. The van der Waals surface area contributed by atoms with E-state index in [9.17, 15) is 14.9 Å². The van der Waals surface area contributed by atoms with Crippen molar-refractivity contribution in [3.8, 4) is 11.3 Å². The number of nitrogens with zero attached hydrogens (tertiary/aromatic N) is 2. The van der Waals surface area contributed by atoms with E-state index in [1.165, 1.54) is 12.5 Å². The van der Waals surface area contributed by atoms with E-state index in [0.29, 0.717) is 30.1 Å². The summed E-state index contributed by atoms with van der Waals surface area (Å²) in [5.41, 5.74) is 1.76. The van der Waals surface area contributed by atoms with Crippen LogP contribution in [0.1, 0.15) is 10.4 Å². The number of nitrogens with one attached hydrogen (secondary N) is 2. The third kappa shape index (κ3) is 4.04. The Hall–Kier alpha value is -3.68. The van der Waals surface area contributed by atoms with Crippen molar-refractivity contribution in [1.29, 1.82) is 0 Å². The maximum atomic E-state index is 12.1. The minimum absolute atomic E-state index is 0.00170. The minimum atomic E-state index is -0.447. The molecule has 0 spiro atoms. The molecule has 3 aromatic rings. The van der Waals surface area contributed by atoms with Crippen LogP contribution in [0.5, 0.6) is 0 Å². The van der Waals surface area contributed by atoms with Crippen LogP contribution >= 0.6 is 0 Å². The zero-order valence-electron chi connectivity index (χ0n) is 13.7. The Labute approximate surface area is 149 Å². The van der Waals surface area contributed by atoms with E-state index in [4.69, 9.17) is 4.42 Å². The molecule has 2 aromatic carbocycles. The van der Waals surface area contributed by atoms with Gasteiger partial charge >= 0.3 is 0 Å². The van der Waals surface area contributed by atoms with E-state index in [-0.39, 0.29) is 11.6 Å². The van der Waals surface area contributed by atoms with Crippen LogP contribution < -0.4 is 10.6 Å². The molecule has 1 heterocycles. The first-order chi connectivity index (χ1) is 12.6. The highest BCUT2D eigenvalue weighted by Gasteiger charge is 2.11. The van der Waals surface area contributed by atoms with E-state index >= 15 is 0 Å². The molecule has 0 aliphatic heterocycles. The molecule has 0 aliphatic rings. The fraction of sp³-hybridized carbons (Fsp3) is 0.111. The number of benzene rings is 2. The Morgan fingerprint density at radius 2 is 1.88 bits per heavy atom. The lowest BCUT2D eigenvalue weighted by Crippen LogP contribution is -2.28. The molecule has 0 saturated heterocycles. The average Bonchev–Trinajstić information content (AvgIpc) is 3.20. The van der Waals surface area contributed by atoms with Gasteiger partial charge in [0.1, 0.15) is 5.69 Å². The van der Waals surface area contributed by atoms with Gasteiger partial charge in [-0.2, -0.15) is 0 Å². The van der Waals surface area contributed by atoms with E-state index in [0.717, 1.165) is 5.56 Å². The molecule has 0 radical (unpaired) electrons. The van der Waals surface area contributed by atoms with Crippen LogP contribution in [-0.2, 0) is 0 Å². The van der Waals surface area contributed by atoms with Crippen molar-refractivity contribution in [2.75, 3.05) is 18.4 Å². The Morgan fingerprint density at radius 1 is 1.12 bits per heavy atom. The number of oxazole rings is 1. The number of carbonyl (C=O) groups excluding carboxylic acids is 1. The third-order valence-corrected chi connectivity index (χ3v) is 3.69. The van der Waals surface area contributed by atoms with E-state index in [2.05, 4.69) is 15.6 Å². The quantitative estimate of drug-likeness (QED) is 0.384. The molecule has 8 nitrogen and oxygen atoms in total. The summed E-state index contributed by atoms with van der Waals surface area (Å²) < 4.78 is 5.20. The first kappa shape index (κ1) is 17.2. The Bertz CT molecular complexity index is 892. The van der Waals surface area contributed by atoms with Gasteiger partial charge in [0.15, 0.2) is 12.2 Å². The summed E-state index contributed by atoms with van der Waals surface area (Å²) in [7, 11) is 0. The van der Waals surface area contributed by atoms with Gasteiger partial charge in [-0.1, -0.05) is 24.3 Å². The molecular formula is C18H16N4O4. The van der Waals surface area contributed by atoms with Crippen molar-refractivity contribution >= 4 is 17.3 Å². The number of para-hydroxylation sites is 2. The minimum Gasteiger partial charge on any atom is -0.444 e. The number of carbonyl (C=O) groups is 1. The second-order valence-corrected chi connectivity index (χ2v) is 5.40. The standard InChI is InChI=1S/C18H16N4O4/c23-18(14-7-5-13(6-8-14)17-11-19-12-26-17)21-10-9-20-15-3-1-2-4-16(15)22(24)25/h1-8,11-12,20H,9-10H2,(H,21,23). The van der Waals surface area contributed by atoms with Gasteiger partial charge in [0, 0.05) is 30.3 Å². The topological polar surface area (TPSA) is 110 Å². The molecule has 1 amide bonds. The zero-order valence-corrected chi connectivity index (χ0v) is 13.7. The molecule has 0 saturated carbocycles. The number of hydrogen-bond donors (Lipinski definition) is 2. The van der Waals surface area contributed by atoms with Crippen molar-refractivity contribution in [2.45, 2.75) is 0 Å². The van der Waals surface area contributed by atoms with Crippen LogP contribution in [-0.4, -0.2) is 28.9 Å². The van der Waals surface area contributed by atoms with Crippen molar-refractivity contribution in [3.05, 3.63) is 76.8 Å². The smallest absolute Gasteiger partial charge is 0.292 e. The highest BCUT2D eigenvalue weighted by molar-refractivity contribution is 5.94. The largest absolute Gasteiger partial charge is 0.444 e. The number of hydrogen-bond acceptors (Lipinski definition) is 6. The van der Waals surface area contributed by atoms with Crippen molar-refractivity contribution < 1.29 is 14.1 Å². The molecule has 0 bridgehead atoms. The van der Waals surface area contributed by atoms with E-state index < -0.39 is 4.92 Å². The van der Waals surface area contributed by atoms with Crippen molar-refractivity contribution in [3.63, 3.8) is 0 Å². The van der Waals surface area contributed by atoms with Gasteiger partial charge in [0.2, 0.25) is 0 Å². The van der Waals surface area contributed by atoms with Crippen molar-refractivity contribution in [1.82, 2.24) is 10.3 Å². The molecule has 0 atom stereocenters. The predicted octanol–water partition coefficient (Wildman–Crippen LogP) is 3.09. The molecule has 0 aliphatic carbocycles. The molecular weight excluding hydrogens is 336 g/mol. The second kappa shape index (κ2) is 7.93. The summed E-state index contributed by atoms with van der Waals surface area (Å²) in [4.78, 5) is 26.5. The van der Waals surface area contributed by atoms with Crippen LogP contribution in [0.15, 0.2) is 65.5 Å². The maximum absolute atomic E-state index is 12.1. The molecule has 8 heteroatoms. The first-order valence-electron chi connectivity index (χ1n) is 7.89. The van der Waals surface area contributed by atoms with Gasteiger partial charge < -0.3 is 15.1 Å². The summed E-state index contributed by atoms with van der Waals surface area (Å²) >= 11 is 0. The lowest BCUT2D eigenvalue weighted by atomic mass is 10.1. The fourth-order valence-corrected chi connectivity index (χ4v) is 2.40. The number of nitro groups is 1. The highest BCUT2D eigenvalue weighted by atomic mass is 16.6. The summed E-state index contributed by atoms with van der Waals surface area (Å²) in [6.45, 7) is 0.696. The lowest BCUT2D eigenvalue weighted by molar-refractivity contribution is -0.384. The number of nitro benzene ring substituents is 1. The predicted molar refractivity (Wildman–Crippen MR) is 95.9 cm³/mol. The van der Waals surface area contributed by atoms with Gasteiger partial charge in [-0.25, -0.2) is 4.98 Å². The molecule has 2 N–H and O–H groups in total. The Morgan fingerprint density at radius 3 is 2.58 bits per heavy atom. The Kier molecular flexibility index (Phi) is 5.23. The Balaban J connectivity index is 1.51. The summed E-state index contributed by atoms with van der Waals surface area (Å²) in [5, 5.41) is 16.7. The van der Waals surface area contributed by atoms with E-state index in [1.807, 2.05) is 0 Å². The molecule has 132 valence electrons. The number of rotatable bonds is 7. The number of anilines is 1. The van der Waals surface area contributed by atoms with Gasteiger partial charge in [0.05, 0.1) is 11.1 Å². The van der Waals surface area contributed by atoms with Crippen LogP contribution in [0, 0.1) is 10.1 Å². The third-order valence-electron chi connectivity index (χ3n) is 3.69. The second-order valence-electron chi connectivity index (χ2n) is 5.40. The number of aromatic nitrogens is 1. The number of amides is 1. The maximum Gasteiger partial charge on any atom is 0.292 e. The van der Waals surface area contributed by atoms with E-state index in [1.54, 1.807) is 48.7 Å². The van der Waals surface area contributed by atoms with Gasteiger partial charge in [0.25, 0.3) is 11.6 Å². The normalized spacial score (nSPS) is 10.3. The van der Waals surface area contributed by atoms with Crippen LogP contribution in [0.4, 0.5) is 11.4 Å². The zero-order chi connectivity index (χ0) is 18.4. The SMILES string of the molecule is O=C(NCCNc1ccccc1[N+](=O)[O-])c1ccc(-c2cnco2)cc1. The monoisotopic (exact) mass is 352 g/mol. The van der Waals surface area contributed by atoms with Gasteiger partial charge in [-0.05, 0) is 18.2 Å². The van der Waals surface area contributed by atoms with Crippen LogP contribution in [0.25, 0.3) is 11.3 Å². The van der Waals surface area contributed by atoms with Gasteiger partial charge in [-0.15, -0.1) is 0 Å². The van der Waals surface area contributed by atoms with Gasteiger partial charge in [-0.3, -0.25) is 14.9 Å². The first-order valence-corrected chi connectivity index (χ1v) is 7.89. The fourth-order valence-electron chi connectivity index (χ4n) is 2.40. The highest BCUT2D eigenvalue weighted by Crippen LogP contribution is 2.22. The lowest BCUT2D eigenvalue weighted by Gasteiger charge is -2.08. The molecule has 26 heavy (non-hydrogen) atoms. The summed E-state index contributed by atoms with van der Waals surface area (Å²) in [6.07, 6.45) is 2.95. The molecule has 0 unspecified atom stereocenters. The molecule has 3 rings (SSSR count).